The largest absolute Gasteiger partial charge is 0.207 e. The molecular formula is C13H8Cl2F2. The molecule has 2 rings (SSSR count). The van der Waals surface area contributed by atoms with Gasteiger partial charge in [0.05, 0.1) is 5.38 Å². The molecule has 1 unspecified atom stereocenters. The Labute approximate surface area is 108 Å². The van der Waals surface area contributed by atoms with Gasteiger partial charge in [0.2, 0.25) is 0 Å². The fourth-order valence-electron chi connectivity index (χ4n) is 1.55. The van der Waals surface area contributed by atoms with Crippen molar-refractivity contribution in [3.05, 3.63) is 70.2 Å². The second-order valence-corrected chi connectivity index (χ2v) is 4.46. The number of halogens is 4. The molecule has 0 bridgehead atoms. The zero-order valence-corrected chi connectivity index (χ0v) is 10.1. The van der Waals surface area contributed by atoms with Crippen LogP contribution in [-0.2, 0) is 0 Å². The van der Waals surface area contributed by atoms with E-state index >= 15 is 0 Å². The fraction of sp³-hybridized carbons (Fsp3) is 0.0769. The molecule has 0 heterocycles. The summed E-state index contributed by atoms with van der Waals surface area (Å²) < 4.78 is 26.6. The minimum absolute atomic E-state index is 0.105. The van der Waals surface area contributed by atoms with E-state index < -0.39 is 17.0 Å². The van der Waals surface area contributed by atoms with Crippen LogP contribution in [0.5, 0.6) is 0 Å². The highest BCUT2D eigenvalue weighted by Gasteiger charge is 2.16. The molecule has 4 heteroatoms. The standard InChI is InChI=1S/C13H8Cl2F2/c14-9-3-1-2-8(6-9)13(15)11-7-10(16)4-5-12(11)17/h1-7,13H. The topological polar surface area (TPSA) is 0 Å². The molecule has 0 fully saturated rings. The van der Waals surface area contributed by atoms with E-state index in [1.165, 1.54) is 0 Å². The maximum absolute atomic E-state index is 13.5. The molecule has 0 aliphatic carbocycles. The first kappa shape index (κ1) is 12.3. The maximum atomic E-state index is 13.5. The van der Waals surface area contributed by atoms with E-state index in [-0.39, 0.29) is 5.56 Å². The normalized spacial score (nSPS) is 12.5. The predicted octanol–water partition coefficient (Wildman–Crippen LogP) is 4.95. The zero-order valence-electron chi connectivity index (χ0n) is 8.63. The third kappa shape index (κ3) is 2.76. The molecule has 17 heavy (non-hydrogen) atoms. The SMILES string of the molecule is Fc1ccc(F)c(C(Cl)c2cccc(Cl)c2)c1. The van der Waals surface area contributed by atoms with Crippen LogP contribution in [0.3, 0.4) is 0 Å². The molecule has 0 saturated heterocycles. The van der Waals surface area contributed by atoms with Gasteiger partial charge in [0.1, 0.15) is 11.6 Å². The average Bonchev–Trinajstić information content (AvgIpc) is 2.31. The molecule has 0 aliphatic rings. The van der Waals surface area contributed by atoms with E-state index in [1.54, 1.807) is 24.3 Å². The molecule has 0 aliphatic heterocycles. The highest BCUT2D eigenvalue weighted by molar-refractivity contribution is 6.30. The van der Waals surface area contributed by atoms with Crippen LogP contribution >= 0.6 is 23.2 Å². The number of hydrogen-bond donors (Lipinski definition) is 0. The van der Waals surface area contributed by atoms with Crippen molar-refractivity contribution in [1.82, 2.24) is 0 Å². The van der Waals surface area contributed by atoms with Crippen LogP contribution in [0.4, 0.5) is 8.78 Å². The summed E-state index contributed by atoms with van der Waals surface area (Å²) in [4.78, 5) is 0. The van der Waals surface area contributed by atoms with Crippen molar-refractivity contribution >= 4 is 23.2 Å². The number of benzene rings is 2. The summed E-state index contributed by atoms with van der Waals surface area (Å²) in [6.07, 6.45) is 0. The third-order valence-corrected chi connectivity index (χ3v) is 3.09. The molecule has 0 nitrogen and oxygen atoms in total. The summed E-state index contributed by atoms with van der Waals surface area (Å²) in [6.45, 7) is 0. The smallest absolute Gasteiger partial charge is 0.128 e. The molecule has 1 atom stereocenters. The van der Waals surface area contributed by atoms with Gasteiger partial charge in [0.15, 0.2) is 0 Å². The van der Waals surface area contributed by atoms with Crippen LogP contribution < -0.4 is 0 Å². The third-order valence-electron chi connectivity index (χ3n) is 2.37. The molecule has 0 aromatic heterocycles. The van der Waals surface area contributed by atoms with Crippen molar-refractivity contribution < 1.29 is 8.78 Å². The van der Waals surface area contributed by atoms with Crippen molar-refractivity contribution in [1.29, 1.82) is 0 Å². The zero-order chi connectivity index (χ0) is 12.4. The van der Waals surface area contributed by atoms with E-state index in [0.29, 0.717) is 10.6 Å². The Morgan fingerprint density at radius 2 is 1.76 bits per heavy atom. The number of hydrogen-bond acceptors (Lipinski definition) is 0. The Morgan fingerprint density at radius 1 is 1.00 bits per heavy atom. The van der Waals surface area contributed by atoms with Gasteiger partial charge < -0.3 is 0 Å². The van der Waals surface area contributed by atoms with Crippen molar-refractivity contribution in [2.45, 2.75) is 5.38 Å². The first-order valence-electron chi connectivity index (χ1n) is 4.92. The summed E-state index contributed by atoms with van der Waals surface area (Å²) in [5, 5.41) is -0.255. The Morgan fingerprint density at radius 3 is 2.47 bits per heavy atom. The van der Waals surface area contributed by atoms with Gasteiger partial charge in [-0.05, 0) is 35.9 Å². The van der Waals surface area contributed by atoms with Crippen molar-refractivity contribution in [3.8, 4) is 0 Å². The molecule has 0 saturated carbocycles. The minimum atomic E-state index is -0.760. The maximum Gasteiger partial charge on any atom is 0.128 e. The minimum Gasteiger partial charge on any atom is -0.207 e. The summed E-state index contributed by atoms with van der Waals surface area (Å²) in [6, 6.07) is 9.96. The van der Waals surface area contributed by atoms with Crippen LogP contribution in [0.1, 0.15) is 16.5 Å². The Balaban J connectivity index is 2.43. The highest BCUT2D eigenvalue weighted by atomic mass is 35.5. The molecule has 88 valence electrons. The lowest BCUT2D eigenvalue weighted by atomic mass is 10.0. The lowest BCUT2D eigenvalue weighted by Gasteiger charge is -2.11. The van der Waals surface area contributed by atoms with Crippen molar-refractivity contribution in [2.75, 3.05) is 0 Å². The van der Waals surface area contributed by atoms with E-state index in [9.17, 15) is 8.78 Å². The van der Waals surface area contributed by atoms with Gasteiger partial charge in [-0.3, -0.25) is 0 Å². The average molecular weight is 273 g/mol. The summed E-state index contributed by atoms with van der Waals surface area (Å²) in [5.74, 6) is -1.06. The lowest BCUT2D eigenvalue weighted by Crippen LogP contribution is -1.98. The number of rotatable bonds is 2. The Hall–Kier alpha value is -1.12. The van der Waals surface area contributed by atoms with Gasteiger partial charge in [-0.2, -0.15) is 0 Å². The van der Waals surface area contributed by atoms with Crippen molar-refractivity contribution in [3.63, 3.8) is 0 Å². The van der Waals surface area contributed by atoms with Gasteiger partial charge in [0, 0.05) is 10.6 Å². The summed E-state index contributed by atoms with van der Waals surface area (Å²) in [7, 11) is 0. The molecule has 0 amide bonds. The predicted molar refractivity (Wildman–Crippen MR) is 65.5 cm³/mol. The Bertz CT molecular complexity index is 541. The lowest BCUT2D eigenvalue weighted by molar-refractivity contribution is 0.587. The van der Waals surface area contributed by atoms with Crippen LogP contribution in [0, 0.1) is 11.6 Å². The van der Waals surface area contributed by atoms with Crippen molar-refractivity contribution in [2.24, 2.45) is 0 Å². The quantitative estimate of drug-likeness (QED) is 0.679. The highest BCUT2D eigenvalue weighted by Crippen LogP contribution is 2.32. The van der Waals surface area contributed by atoms with Gasteiger partial charge in [-0.25, -0.2) is 8.78 Å². The summed E-state index contributed by atoms with van der Waals surface area (Å²) >= 11 is 11.9. The van der Waals surface area contributed by atoms with E-state index in [1.807, 2.05) is 0 Å². The van der Waals surface area contributed by atoms with E-state index in [4.69, 9.17) is 23.2 Å². The van der Waals surface area contributed by atoms with E-state index in [2.05, 4.69) is 0 Å². The second kappa shape index (κ2) is 5.03. The van der Waals surface area contributed by atoms with Gasteiger partial charge in [-0.15, -0.1) is 11.6 Å². The first-order chi connectivity index (χ1) is 8.08. The number of alkyl halides is 1. The first-order valence-corrected chi connectivity index (χ1v) is 5.74. The van der Waals surface area contributed by atoms with Crippen LogP contribution in [0.15, 0.2) is 42.5 Å². The van der Waals surface area contributed by atoms with Gasteiger partial charge >= 0.3 is 0 Å². The van der Waals surface area contributed by atoms with Crippen LogP contribution in [0.2, 0.25) is 5.02 Å². The molecule has 2 aromatic rings. The molecular weight excluding hydrogens is 265 g/mol. The molecule has 0 spiro atoms. The summed E-state index contributed by atoms with van der Waals surface area (Å²) in [5.41, 5.74) is 0.734. The Kier molecular flexibility index (Phi) is 3.65. The monoisotopic (exact) mass is 272 g/mol. The molecule has 0 radical (unpaired) electrons. The van der Waals surface area contributed by atoms with Crippen LogP contribution in [0.25, 0.3) is 0 Å². The molecule has 2 aromatic carbocycles. The van der Waals surface area contributed by atoms with E-state index in [0.717, 1.165) is 18.2 Å². The van der Waals surface area contributed by atoms with Gasteiger partial charge in [-0.1, -0.05) is 23.7 Å². The molecule has 0 N–H and O–H groups in total. The fourth-order valence-corrected chi connectivity index (χ4v) is 2.05. The van der Waals surface area contributed by atoms with Crippen LogP contribution in [-0.4, -0.2) is 0 Å². The second-order valence-electron chi connectivity index (χ2n) is 3.58. The van der Waals surface area contributed by atoms with Gasteiger partial charge in [0.25, 0.3) is 0 Å².